The predicted octanol–water partition coefficient (Wildman–Crippen LogP) is 2.98. The molecule has 1 aliphatic rings. The third kappa shape index (κ3) is 2.61. The second kappa shape index (κ2) is 5.48. The van der Waals surface area contributed by atoms with Crippen LogP contribution in [-0.4, -0.2) is 35.1 Å². The van der Waals surface area contributed by atoms with Crippen molar-refractivity contribution in [2.75, 3.05) is 18.8 Å². The highest BCUT2D eigenvalue weighted by molar-refractivity contribution is 7.21. The van der Waals surface area contributed by atoms with Gasteiger partial charge in [-0.3, -0.25) is 4.79 Å². The first-order valence-electron chi connectivity index (χ1n) is 6.92. The number of carbonyl (C=O) groups excluding carboxylic acids is 1. The summed E-state index contributed by atoms with van der Waals surface area (Å²) in [5.74, 6) is 0.128. The number of carbonyl (C=O) groups is 1. The van der Waals surface area contributed by atoms with Crippen molar-refractivity contribution >= 4 is 44.6 Å². The second-order valence-corrected chi connectivity index (χ2v) is 7.06. The molecule has 4 nitrogen and oxygen atoms in total. The van der Waals surface area contributed by atoms with Gasteiger partial charge < -0.3 is 15.7 Å². The zero-order valence-electron chi connectivity index (χ0n) is 11.7. The number of nitrogen functional groups attached to an aromatic ring is 1. The molecule has 112 valence electrons. The highest BCUT2D eigenvalue weighted by Gasteiger charge is 2.29. The average Bonchev–Trinajstić information content (AvgIpc) is 2.78. The number of fused-ring (bicyclic) bond motifs is 1. The molecule has 3 rings (SSSR count). The van der Waals surface area contributed by atoms with Gasteiger partial charge in [-0.1, -0.05) is 18.5 Å². The Bertz CT molecular complexity index is 700. The van der Waals surface area contributed by atoms with Gasteiger partial charge in [0.05, 0.1) is 11.8 Å². The van der Waals surface area contributed by atoms with E-state index in [2.05, 4.69) is 0 Å². The van der Waals surface area contributed by atoms with Gasteiger partial charge in [0.15, 0.2) is 0 Å². The minimum absolute atomic E-state index is 0.101. The van der Waals surface area contributed by atoms with Gasteiger partial charge in [0.2, 0.25) is 0 Å². The molecule has 3 N–H and O–H groups in total. The fourth-order valence-electron chi connectivity index (χ4n) is 2.62. The maximum absolute atomic E-state index is 12.6. The zero-order valence-corrected chi connectivity index (χ0v) is 13.2. The summed E-state index contributed by atoms with van der Waals surface area (Å²) < 4.78 is 0.950. The number of β-amino-alcohol motifs (C(OH)–C–C–N with tert-alkyl or cyclic N) is 1. The Balaban J connectivity index is 1.93. The van der Waals surface area contributed by atoms with E-state index in [4.69, 9.17) is 17.3 Å². The summed E-state index contributed by atoms with van der Waals surface area (Å²) in [5.41, 5.74) is 6.60. The van der Waals surface area contributed by atoms with Crippen LogP contribution in [0.5, 0.6) is 0 Å². The predicted molar refractivity (Wildman–Crippen MR) is 86.9 cm³/mol. The molecule has 0 radical (unpaired) electrons. The number of likely N-dealkylation sites (tertiary alicyclic amines) is 1. The summed E-state index contributed by atoms with van der Waals surface area (Å²) in [4.78, 5) is 14.9. The number of nitrogens with two attached hydrogens (primary N) is 1. The Morgan fingerprint density at radius 2 is 2.29 bits per heavy atom. The van der Waals surface area contributed by atoms with Gasteiger partial charge in [0.25, 0.3) is 5.91 Å². The number of thiophene rings is 1. The van der Waals surface area contributed by atoms with Gasteiger partial charge >= 0.3 is 0 Å². The lowest BCUT2D eigenvalue weighted by atomic mass is 9.96. The molecule has 0 bridgehead atoms. The van der Waals surface area contributed by atoms with Gasteiger partial charge in [0.1, 0.15) is 4.88 Å². The van der Waals surface area contributed by atoms with E-state index in [-0.39, 0.29) is 11.8 Å². The number of aliphatic hydroxyl groups is 1. The van der Waals surface area contributed by atoms with Crippen molar-refractivity contribution in [1.29, 1.82) is 0 Å². The number of aliphatic hydroxyl groups excluding tert-OH is 1. The molecular formula is C15H17ClN2O2S. The number of hydrogen-bond acceptors (Lipinski definition) is 4. The molecule has 0 aliphatic carbocycles. The van der Waals surface area contributed by atoms with Gasteiger partial charge in [-0.05, 0) is 30.5 Å². The Labute approximate surface area is 132 Å². The fraction of sp³-hybridized carbons (Fsp3) is 0.400. The largest absolute Gasteiger partial charge is 0.397 e. The zero-order chi connectivity index (χ0) is 15.1. The summed E-state index contributed by atoms with van der Waals surface area (Å²) in [7, 11) is 0. The second-order valence-electron chi connectivity index (χ2n) is 5.57. The minimum Gasteiger partial charge on any atom is -0.397 e. The van der Waals surface area contributed by atoms with E-state index < -0.39 is 6.10 Å². The third-order valence-corrected chi connectivity index (χ3v) is 5.50. The van der Waals surface area contributed by atoms with Crippen LogP contribution in [0.15, 0.2) is 18.2 Å². The maximum Gasteiger partial charge on any atom is 0.266 e. The minimum atomic E-state index is -0.465. The summed E-state index contributed by atoms with van der Waals surface area (Å²) in [6, 6.07) is 5.45. The van der Waals surface area contributed by atoms with E-state index in [0.717, 1.165) is 16.5 Å². The van der Waals surface area contributed by atoms with Crippen LogP contribution in [0, 0.1) is 5.92 Å². The number of anilines is 1. The Kier molecular flexibility index (Phi) is 3.82. The first-order chi connectivity index (χ1) is 9.97. The highest BCUT2D eigenvalue weighted by Crippen LogP contribution is 2.36. The quantitative estimate of drug-likeness (QED) is 0.847. The number of hydrogen-bond donors (Lipinski definition) is 2. The lowest BCUT2D eigenvalue weighted by Crippen LogP contribution is -2.45. The molecule has 2 aromatic rings. The SMILES string of the molecule is CC1CCN(C(=O)c2sc3ccc(Cl)cc3c2N)CC1O. The van der Waals surface area contributed by atoms with Crippen molar-refractivity contribution in [2.24, 2.45) is 5.92 Å². The number of rotatable bonds is 1. The standard InChI is InChI=1S/C15H17ClN2O2S/c1-8-4-5-18(7-11(8)19)15(20)14-13(17)10-6-9(16)2-3-12(10)21-14/h2-3,6,8,11,19H,4-5,7,17H2,1H3. The van der Waals surface area contributed by atoms with Gasteiger partial charge in [-0.25, -0.2) is 0 Å². The molecule has 1 amide bonds. The topological polar surface area (TPSA) is 66.6 Å². The monoisotopic (exact) mass is 324 g/mol. The highest BCUT2D eigenvalue weighted by atomic mass is 35.5. The third-order valence-electron chi connectivity index (χ3n) is 4.09. The molecule has 1 aliphatic heterocycles. The summed E-state index contributed by atoms with van der Waals surface area (Å²) in [5, 5.41) is 11.4. The number of amides is 1. The van der Waals surface area contributed by atoms with Crippen LogP contribution >= 0.6 is 22.9 Å². The summed E-state index contributed by atoms with van der Waals surface area (Å²) >= 11 is 7.36. The van der Waals surface area contributed by atoms with E-state index in [1.165, 1.54) is 11.3 Å². The Morgan fingerprint density at radius 3 is 3.00 bits per heavy atom. The Hall–Kier alpha value is -1.30. The van der Waals surface area contributed by atoms with E-state index in [1.54, 1.807) is 17.0 Å². The van der Waals surface area contributed by atoms with Crippen LogP contribution in [0.1, 0.15) is 23.0 Å². The number of piperidine rings is 1. The molecule has 1 saturated heterocycles. The number of nitrogens with zero attached hydrogens (tertiary/aromatic N) is 1. The fourth-order valence-corrected chi connectivity index (χ4v) is 3.87. The molecule has 1 fully saturated rings. The van der Waals surface area contributed by atoms with Crippen LogP contribution in [0.2, 0.25) is 5.02 Å². The van der Waals surface area contributed by atoms with Crippen molar-refractivity contribution in [3.63, 3.8) is 0 Å². The van der Waals surface area contributed by atoms with Gasteiger partial charge in [-0.15, -0.1) is 11.3 Å². The van der Waals surface area contributed by atoms with Crippen molar-refractivity contribution in [3.8, 4) is 0 Å². The number of halogens is 1. The molecule has 21 heavy (non-hydrogen) atoms. The lowest BCUT2D eigenvalue weighted by molar-refractivity contribution is 0.0252. The van der Waals surface area contributed by atoms with Crippen molar-refractivity contribution in [1.82, 2.24) is 4.90 Å². The molecule has 0 spiro atoms. The number of benzene rings is 1. The first kappa shape index (κ1) is 14.6. The maximum atomic E-state index is 12.6. The summed E-state index contributed by atoms with van der Waals surface area (Å²) in [6.07, 6.45) is 0.344. The van der Waals surface area contributed by atoms with Crippen LogP contribution in [0.25, 0.3) is 10.1 Å². The van der Waals surface area contributed by atoms with Gasteiger partial charge in [0, 0.05) is 28.2 Å². The van der Waals surface area contributed by atoms with Crippen LogP contribution < -0.4 is 5.73 Å². The molecule has 6 heteroatoms. The van der Waals surface area contributed by atoms with E-state index in [9.17, 15) is 9.90 Å². The van der Waals surface area contributed by atoms with Crippen molar-refractivity contribution in [2.45, 2.75) is 19.4 Å². The van der Waals surface area contributed by atoms with E-state index in [0.29, 0.717) is 28.7 Å². The van der Waals surface area contributed by atoms with E-state index >= 15 is 0 Å². The molecule has 2 unspecified atom stereocenters. The van der Waals surface area contributed by atoms with Crippen molar-refractivity contribution in [3.05, 3.63) is 28.1 Å². The van der Waals surface area contributed by atoms with Gasteiger partial charge in [-0.2, -0.15) is 0 Å². The molecule has 0 saturated carbocycles. The molecular weight excluding hydrogens is 308 g/mol. The summed E-state index contributed by atoms with van der Waals surface area (Å²) in [6.45, 7) is 3.03. The Morgan fingerprint density at radius 1 is 1.52 bits per heavy atom. The molecule has 1 aromatic heterocycles. The van der Waals surface area contributed by atoms with Crippen LogP contribution in [-0.2, 0) is 0 Å². The average molecular weight is 325 g/mol. The lowest BCUT2D eigenvalue weighted by Gasteiger charge is -2.34. The normalized spacial score (nSPS) is 22.7. The molecule has 1 aromatic carbocycles. The van der Waals surface area contributed by atoms with Crippen LogP contribution in [0.3, 0.4) is 0 Å². The van der Waals surface area contributed by atoms with E-state index in [1.807, 2.05) is 13.0 Å². The first-order valence-corrected chi connectivity index (χ1v) is 8.11. The van der Waals surface area contributed by atoms with Crippen molar-refractivity contribution < 1.29 is 9.90 Å². The smallest absolute Gasteiger partial charge is 0.266 e. The molecule has 2 heterocycles. The van der Waals surface area contributed by atoms with Crippen LogP contribution in [0.4, 0.5) is 5.69 Å². The molecule has 2 atom stereocenters.